The molecule has 0 saturated carbocycles. The quantitative estimate of drug-likeness (QED) is 0.899. The first kappa shape index (κ1) is 13.2. The maximum absolute atomic E-state index is 12.2. The van der Waals surface area contributed by atoms with E-state index in [-0.39, 0.29) is 5.91 Å². The molecule has 0 saturated heterocycles. The number of primary amides is 1. The number of fused-ring (bicyclic) bond motifs is 1. The van der Waals surface area contributed by atoms with Crippen LogP contribution in [-0.2, 0) is 11.2 Å². The third-order valence-electron chi connectivity index (χ3n) is 3.35. The molecule has 2 aromatic carbocycles. The van der Waals surface area contributed by atoms with Crippen LogP contribution in [0.2, 0.25) is 0 Å². The van der Waals surface area contributed by atoms with Gasteiger partial charge >= 0.3 is 0 Å². The lowest BCUT2D eigenvalue weighted by Crippen LogP contribution is -2.31. The molecule has 0 fully saturated rings. The predicted molar refractivity (Wildman–Crippen MR) is 78.2 cm³/mol. The van der Waals surface area contributed by atoms with Gasteiger partial charge in [0.2, 0.25) is 5.91 Å². The second-order valence-corrected chi connectivity index (χ2v) is 4.85. The van der Waals surface area contributed by atoms with Crippen molar-refractivity contribution in [1.82, 2.24) is 0 Å². The fourth-order valence-corrected chi connectivity index (χ4v) is 2.30. The Hall–Kier alpha value is -2.82. The number of hydrogen-bond acceptors (Lipinski definition) is 3. The van der Waals surface area contributed by atoms with E-state index in [0.29, 0.717) is 17.7 Å². The molecule has 1 aliphatic heterocycles. The smallest absolute Gasteiger partial charge is 0.265 e. The Balaban J connectivity index is 1.71. The Morgan fingerprint density at radius 1 is 1.14 bits per heavy atom. The summed E-state index contributed by atoms with van der Waals surface area (Å²) in [5, 5.41) is 2.74. The monoisotopic (exact) mass is 282 g/mol. The van der Waals surface area contributed by atoms with E-state index in [9.17, 15) is 9.59 Å². The Labute approximate surface area is 121 Å². The van der Waals surface area contributed by atoms with Gasteiger partial charge in [-0.1, -0.05) is 24.3 Å². The van der Waals surface area contributed by atoms with E-state index < -0.39 is 12.0 Å². The molecular formula is C16H14N2O3. The Morgan fingerprint density at radius 2 is 1.95 bits per heavy atom. The van der Waals surface area contributed by atoms with Gasteiger partial charge in [0.15, 0.2) is 6.10 Å². The topological polar surface area (TPSA) is 81.4 Å². The van der Waals surface area contributed by atoms with E-state index >= 15 is 0 Å². The van der Waals surface area contributed by atoms with Crippen molar-refractivity contribution in [2.75, 3.05) is 5.32 Å². The first-order valence-electron chi connectivity index (χ1n) is 6.59. The van der Waals surface area contributed by atoms with E-state index in [1.54, 1.807) is 24.3 Å². The SMILES string of the molecule is NC(=O)c1cccc(NC(=O)C2Cc3ccccc3O2)c1. The number of amides is 2. The molecular weight excluding hydrogens is 268 g/mol. The zero-order valence-corrected chi connectivity index (χ0v) is 11.2. The third kappa shape index (κ3) is 2.72. The number of anilines is 1. The molecule has 0 radical (unpaired) electrons. The van der Waals surface area contributed by atoms with Gasteiger partial charge in [-0.15, -0.1) is 0 Å². The Bertz CT molecular complexity index is 687. The molecule has 2 amide bonds. The first-order chi connectivity index (χ1) is 10.1. The zero-order valence-electron chi connectivity index (χ0n) is 11.2. The van der Waals surface area contributed by atoms with Gasteiger partial charge in [-0.05, 0) is 29.8 Å². The van der Waals surface area contributed by atoms with Gasteiger partial charge in [-0.2, -0.15) is 0 Å². The second-order valence-electron chi connectivity index (χ2n) is 4.85. The summed E-state index contributed by atoms with van der Waals surface area (Å²) < 4.78 is 5.61. The highest BCUT2D eigenvalue weighted by atomic mass is 16.5. The van der Waals surface area contributed by atoms with Crippen LogP contribution < -0.4 is 15.8 Å². The maximum Gasteiger partial charge on any atom is 0.265 e. The average Bonchev–Trinajstić information content (AvgIpc) is 2.91. The largest absolute Gasteiger partial charge is 0.480 e. The number of nitrogens with two attached hydrogens (primary N) is 1. The fourth-order valence-electron chi connectivity index (χ4n) is 2.30. The van der Waals surface area contributed by atoms with Crippen LogP contribution >= 0.6 is 0 Å². The molecule has 3 rings (SSSR count). The maximum atomic E-state index is 12.2. The molecule has 5 nitrogen and oxygen atoms in total. The summed E-state index contributed by atoms with van der Waals surface area (Å²) in [5.41, 5.74) is 7.11. The summed E-state index contributed by atoms with van der Waals surface area (Å²) in [6.07, 6.45) is -0.0167. The second kappa shape index (κ2) is 5.28. The van der Waals surface area contributed by atoms with Gasteiger partial charge in [0.1, 0.15) is 5.75 Å². The molecule has 0 aliphatic carbocycles. The number of nitrogens with one attached hydrogen (secondary N) is 1. The third-order valence-corrected chi connectivity index (χ3v) is 3.35. The minimum atomic E-state index is -0.556. The van der Waals surface area contributed by atoms with E-state index in [1.165, 1.54) is 0 Å². The van der Waals surface area contributed by atoms with Crippen molar-refractivity contribution < 1.29 is 14.3 Å². The van der Waals surface area contributed by atoms with Gasteiger partial charge < -0.3 is 15.8 Å². The summed E-state index contributed by atoms with van der Waals surface area (Å²) >= 11 is 0. The summed E-state index contributed by atoms with van der Waals surface area (Å²) in [6, 6.07) is 14.1. The van der Waals surface area contributed by atoms with Crippen molar-refractivity contribution in [2.24, 2.45) is 5.73 Å². The molecule has 1 aliphatic rings. The van der Waals surface area contributed by atoms with Crippen LogP contribution in [0.4, 0.5) is 5.69 Å². The molecule has 1 atom stereocenters. The lowest BCUT2D eigenvalue weighted by Gasteiger charge is -2.11. The van der Waals surface area contributed by atoms with Crippen molar-refractivity contribution in [3.8, 4) is 5.75 Å². The Kier molecular flexibility index (Phi) is 3.31. The minimum absolute atomic E-state index is 0.243. The number of para-hydroxylation sites is 1. The van der Waals surface area contributed by atoms with Crippen LogP contribution in [-0.4, -0.2) is 17.9 Å². The molecule has 0 bridgehead atoms. The number of hydrogen-bond donors (Lipinski definition) is 2. The first-order valence-corrected chi connectivity index (χ1v) is 6.59. The number of carbonyl (C=O) groups is 2. The lowest BCUT2D eigenvalue weighted by molar-refractivity contribution is -0.122. The zero-order chi connectivity index (χ0) is 14.8. The summed E-state index contributed by atoms with van der Waals surface area (Å²) in [6.45, 7) is 0. The van der Waals surface area contributed by atoms with Gasteiger partial charge in [0, 0.05) is 17.7 Å². The lowest BCUT2D eigenvalue weighted by atomic mass is 10.1. The van der Waals surface area contributed by atoms with Crippen LogP contribution in [0.3, 0.4) is 0 Å². The number of ether oxygens (including phenoxy) is 1. The number of rotatable bonds is 3. The molecule has 0 spiro atoms. The minimum Gasteiger partial charge on any atom is -0.480 e. The van der Waals surface area contributed by atoms with Crippen LogP contribution in [0.5, 0.6) is 5.75 Å². The van der Waals surface area contributed by atoms with Gasteiger partial charge in [-0.25, -0.2) is 0 Å². The van der Waals surface area contributed by atoms with Crippen molar-refractivity contribution in [2.45, 2.75) is 12.5 Å². The highest BCUT2D eigenvalue weighted by molar-refractivity contribution is 5.98. The molecule has 106 valence electrons. The van der Waals surface area contributed by atoms with Crippen LogP contribution in [0.1, 0.15) is 15.9 Å². The van der Waals surface area contributed by atoms with Crippen molar-refractivity contribution >= 4 is 17.5 Å². The van der Waals surface area contributed by atoms with E-state index in [4.69, 9.17) is 10.5 Å². The highest BCUT2D eigenvalue weighted by Gasteiger charge is 2.28. The van der Waals surface area contributed by atoms with Crippen LogP contribution in [0, 0.1) is 0 Å². The van der Waals surface area contributed by atoms with Crippen molar-refractivity contribution in [3.63, 3.8) is 0 Å². The summed E-state index contributed by atoms with van der Waals surface area (Å²) in [4.78, 5) is 23.3. The predicted octanol–water partition coefficient (Wildman–Crippen LogP) is 1.73. The standard InChI is InChI=1S/C16H14N2O3/c17-15(19)11-5-3-6-12(8-11)18-16(20)14-9-10-4-1-2-7-13(10)21-14/h1-8,14H,9H2,(H2,17,19)(H,18,20). The normalized spacial score (nSPS) is 15.9. The molecule has 5 heteroatoms. The number of carbonyl (C=O) groups excluding carboxylic acids is 2. The average molecular weight is 282 g/mol. The number of benzene rings is 2. The molecule has 0 aromatic heterocycles. The van der Waals surface area contributed by atoms with E-state index in [1.807, 2.05) is 24.3 Å². The Morgan fingerprint density at radius 3 is 2.71 bits per heavy atom. The molecule has 21 heavy (non-hydrogen) atoms. The van der Waals surface area contributed by atoms with Crippen LogP contribution in [0.25, 0.3) is 0 Å². The summed E-state index contributed by atoms with van der Waals surface area (Å²) in [5.74, 6) is -0.0352. The molecule has 1 heterocycles. The molecule has 3 N–H and O–H groups in total. The molecule has 1 unspecified atom stereocenters. The summed E-state index contributed by atoms with van der Waals surface area (Å²) in [7, 11) is 0. The highest BCUT2D eigenvalue weighted by Crippen LogP contribution is 2.28. The van der Waals surface area contributed by atoms with Gasteiger partial charge in [-0.3, -0.25) is 9.59 Å². The van der Waals surface area contributed by atoms with Crippen molar-refractivity contribution in [1.29, 1.82) is 0 Å². The van der Waals surface area contributed by atoms with Gasteiger partial charge in [0.05, 0.1) is 0 Å². The van der Waals surface area contributed by atoms with Crippen molar-refractivity contribution in [3.05, 3.63) is 59.7 Å². The van der Waals surface area contributed by atoms with Crippen LogP contribution in [0.15, 0.2) is 48.5 Å². The van der Waals surface area contributed by atoms with Gasteiger partial charge in [0.25, 0.3) is 5.91 Å². The molecule has 2 aromatic rings. The van der Waals surface area contributed by atoms with E-state index in [0.717, 1.165) is 11.3 Å². The van der Waals surface area contributed by atoms with E-state index in [2.05, 4.69) is 5.32 Å². The fraction of sp³-hybridized carbons (Fsp3) is 0.125.